The summed E-state index contributed by atoms with van der Waals surface area (Å²) in [6.45, 7) is 4.91. The first-order chi connectivity index (χ1) is 12.8. The van der Waals surface area contributed by atoms with Crippen molar-refractivity contribution >= 4 is 35.6 Å². The van der Waals surface area contributed by atoms with Crippen molar-refractivity contribution < 1.29 is 9.47 Å². The van der Waals surface area contributed by atoms with Gasteiger partial charge in [0.15, 0.2) is 17.5 Å². The van der Waals surface area contributed by atoms with Gasteiger partial charge in [-0.1, -0.05) is 24.3 Å². The highest BCUT2D eigenvalue weighted by atomic mass is 127. The van der Waals surface area contributed by atoms with Crippen LogP contribution in [-0.4, -0.2) is 50.9 Å². The molecule has 1 saturated heterocycles. The monoisotopic (exact) mass is 480 g/mol. The van der Waals surface area contributed by atoms with Gasteiger partial charge in [-0.25, -0.2) is 0 Å². The number of hydrogen-bond donors (Lipinski definition) is 1. The lowest BCUT2D eigenvalue weighted by Crippen LogP contribution is -2.52. The molecule has 1 N–H and O–H groups in total. The highest BCUT2D eigenvalue weighted by Crippen LogP contribution is 2.32. The van der Waals surface area contributed by atoms with Crippen LogP contribution >= 0.6 is 24.0 Å². The molecule has 2 aliphatic rings. The Kier molecular flexibility index (Phi) is 6.65. The molecule has 27 heavy (non-hydrogen) atoms. The van der Waals surface area contributed by atoms with Crippen LogP contribution in [0.1, 0.15) is 5.56 Å². The highest BCUT2D eigenvalue weighted by molar-refractivity contribution is 14.0. The number of fused-ring (bicyclic) bond motifs is 1. The fourth-order valence-electron chi connectivity index (χ4n) is 3.38. The van der Waals surface area contributed by atoms with Gasteiger partial charge in [-0.3, -0.25) is 4.99 Å². The first-order valence-corrected chi connectivity index (χ1v) is 8.97. The third kappa shape index (κ3) is 4.58. The molecular weight excluding hydrogens is 455 g/mol. The molecule has 6 nitrogen and oxygen atoms in total. The molecule has 2 aromatic rings. The quantitative estimate of drug-likeness (QED) is 0.416. The number of para-hydroxylation sites is 1. The van der Waals surface area contributed by atoms with E-state index in [2.05, 4.69) is 56.5 Å². The predicted molar refractivity (Wildman–Crippen MR) is 118 cm³/mol. The Bertz CT molecular complexity index is 777. The van der Waals surface area contributed by atoms with Crippen LogP contribution in [0, 0.1) is 0 Å². The smallest absolute Gasteiger partial charge is 0.231 e. The average Bonchev–Trinajstić information content (AvgIpc) is 3.17. The van der Waals surface area contributed by atoms with E-state index in [9.17, 15) is 0 Å². The Hall–Kier alpha value is -2.16. The van der Waals surface area contributed by atoms with E-state index in [0.29, 0.717) is 13.3 Å². The predicted octanol–water partition coefficient (Wildman–Crippen LogP) is 2.93. The lowest BCUT2D eigenvalue weighted by molar-refractivity contribution is 0.174. The molecular formula is C20H25IN4O2. The summed E-state index contributed by atoms with van der Waals surface area (Å²) in [6, 6.07) is 16.6. The Morgan fingerprint density at radius 1 is 1.00 bits per heavy atom. The second-order valence-corrected chi connectivity index (χ2v) is 6.40. The minimum absolute atomic E-state index is 0. The van der Waals surface area contributed by atoms with Crippen LogP contribution in [0.15, 0.2) is 53.5 Å². The number of benzene rings is 2. The number of guanidine groups is 1. The number of piperazine rings is 1. The lowest BCUT2D eigenvalue weighted by Gasteiger charge is -2.37. The third-order valence-corrected chi connectivity index (χ3v) is 4.80. The molecule has 0 radical (unpaired) electrons. The van der Waals surface area contributed by atoms with Crippen LogP contribution in [0.3, 0.4) is 0 Å². The van der Waals surface area contributed by atoms with E-state index in [1.165, 1.54) is 5.69 Å². The molecule has 0 amide bonds. The van der Waals surface area contributed by atoms with Crippen LogP contribution in [0.2, 0.25) is 0 Å². The van der Waals surface area contributed by atoms with E-state index in [1.54, 1.807) is 0 Å². The van der Waals surface area contributed by atoms with Gasteiger partial charge in [-0.15, -0.1) is 24.0 Å². The highest BCUT2D eigenvalue weighted by Gasteiger charge is 2.20. The zero-order valence-electron chi connectivity index (χ0n) is 15.4. The number of rotatable bonds is 3. The second-order valence-electron chi connectivity index (χ2n) is 6.40. The fraction of sp³-hybridized carbons (Fsp3) is 0.350. The molecule has 0 spiro atoms. The van der Waals surface area contributed by atoms with E-state index in [1.807, 2.05) is 19.2 Å². The maximum Gasteiger partial charge on any atom is 0.231 e. The fourth-order valence-corrected chi connectivity index (χ4v) is 3.38. The molecule has 144 valence electrons. The molecule has 2 aromatic carbocycles. The summed E-state index contributed by atoms with van der Waals surface area (Å²) < 4.78 is 10.8. The number of nitrogens with one attached hydrogen (secondary N) is 1. The van der Waals surface area contributed by atoms with Gasteiger partial charge in [0.05, 0.1) is 0 Å². The van der Waals surface area contributed by atoms with Gasteiger partial charge in [0.2, 0.25) is 6.79 Å². The summed E-state index contributed by atoms with van der Waals surface area (Å²) in [7, 11) is 1.84. The molecule has 1 fully saturated rings. The number of hydrogen-bond acceptors (Lipinski definition) is 4. The number of aliphatic imine (C=N–C) groups is 1. The van der Waals surface area contributed by atoms with E-state index < -0.39 is 0 Å². The molecule has 0 saturated carbocycles. The number of nitrogens with zero attached hydrogens (tertiary/aromatic N) is 3. The summed E-state index contributed by atoms with van der Waals surface area (Å²) in [5.41, 5.74) is 2.44. The summed E-state index contributed by atoms with van der Waals surface area (Å²) in [4.78, 5) is 9.18. The van der Waals surface area contributed by atoms with E-state index in [-0.39, 0.29) is 24.0 Å². The average molecular weight is 480 g/mol. The van der Waals surface area contributed by atoms with E-state index in [0.717, 1.165) is 49.2 Å². The van der Waals surface area contributed by atoms with Crippen molar-refractivity contribution in [2.24, 2.45) is 4.99 Å². The van der Waals surface area contributed by atoms with Crippen LogP contribution in [-0.2, 0) is 6.54 Å². The molecule has 4 rings (SSSR count). The minimum Gasteiger partial charge on any atom is -0.454 e. The largest absolute Gasteiger partial charge is 0.454 e. The first-order valence-electron chi connectivity index (χ1n) is 8.97. The van der Waals surface area contributed by atoms with E-state index in [4.69, 9.17) is 9.47 Å². The Morgan fingerprint density at radius 3 is 2.48 bits per heavy atom. The maximum atomic E-state index is 5.45. The Labute approximate surface area is 177 Å². The molecule has 0 atom stereocenters. The zero-order valence-corrected chi connectivity index (χ0v) is 17.8. The summed E-state index contributed by atoms with van der Waals surface area (Å²) in [5, 5.41) is 3.46. The maximum absolute atomic E-state index is 5.45. The van der Waals surface area contributed by atoms with Gasteiger partial charge in [-0.2, -0.15) is 0 Å². The topological polar surface area (TPSA) is 49.3 Å². The van der Waals surface area contributed by atoms with Crippen LogP contribution in [0.5, 0.6) is 11.5 Å². The molecule has 0 bridgehead atoms. The van der Waals surface area contributed by atoms with Crippen LogP contribution < -0.4 is 19.7 Å². The molecule has 0 aliphatic carbocycles. The summed E-state index contributed by atoms with van der Waals surface area (Å²) in [6.07, 6.45) is 0. The SMILES string of the molecule is CN=C(NCc1ccc2c(c1)OCO2)N1CCN(c2ccccc2)CC1.I. The molecule has 2 aliphatic heterocycles. The summed E-state index contributed by atoms with van der Waals surface area (Å²) >= 11 is 0. The Balaban J connectivity index is 0.00000210. The van der Waals surface area contributed by atoms with Crippen molar-refractivity contribution in [3.05, 3.63) is 54.1 Å². The van der Waals surface area contributed by atoms with Crippen molar-refractivity contribution in [3.63, 3.8) is 0 Å². The number of ether oxygens (including phenoxy) is 2. The lowest BCUT2D eigenvalue weighted by atomic mass is 10.2. The second kappa shape index (κ2) is 9.16. The normalized spacial score (nSPS) is 16.1. The molecule has 0 aromatic heterocycles. The van der Waals surface area contributed by atoms with Gasteiger partial charge in [0.1, 0.15) is 0 Å². The van der Waals surface area contributed by atoms with Gasteiger partial charge in [-0.05, 0) is 29.8 Å². The molecule has 2 heterocycles. The van der Waals surface area contributed by atoms with Crippen molar-refractivity contribution in [3.8, 4) is 11.5 Å². The van der Waals surface area contributed by atoms with E-state index >= 15 is 0 Å². The number of halogens is 1. The molecule has 7 heteroatoms. The van der Waals surface area contributed by atoms with Gasteiger partial charge in [0, 0.05) is 45.5 Å². The van der Waals surface area contributed by atoms with Gasteiger partial charge in [0.25, 0.3) is 0 Å². The van der Waals surface area contributed by atoms with Crippen molar-refractivity contribution in [2.45, 2.75) is 6.54 Å². The summed E-state index contributed by atoms with van der Waals surface area (Å²) in [5.74, 6) is 2.57. The minimum atomic E-state index is 0. The van der Waals surface area contributed by atoms with Crippen molar-refractivity contribution in [1.29, 1.82) is 0 Å². The van der Waals surface area contributed by atoms with Crippen molar-refractivity contribution in [2.75, 3.05) is 44.9 Å². The Morgan fingerprint density at radius 2 is 1.74 bits per heavy atom. The third-order valence-electron chi connectivity index (χ3n) is 4.80. The molecule has 0 unspecified atom stereocenters. The zero-order chi connectivity index (χ0) is 17.8. The van der Waals surface area contributed by atoms with Crippen LogP contribution in [0.4, 0.5) is 5.69 Å². The van der Waals surface area contributed by atoms with Crippen molar-refractivity contribution in [1.82, 2.24) is 10.2 Å². The van der Waals surface area contributed by atoms with Gasteiger partial charge >= 0.3 is 0 Å². The first kappa shape index (κ1) is 19.6. The van der Waals surface area contributed by atoms with Crippen LogP contribution in [0.25, 0.3) is 0 Å². The van der Waals surface area contributed by atoms with Gasteiger partial charge < -0.3 is 24.6 Å². The standard InChI is InChI=1S/C20H24N4O2.HI/c1-21-20(22-14-16-7-8-18-19(13-16)26-15-25-18)24-11-9-23(10-12-24)17-5-3-2-4-6-17;/h2-8,13H,9-12,14-15H2,1H3,(H,21,22);1H. The number of anilines is 1.